The first-order chi connectivity index (χ1) is 9.25. The molecule has 1 aliphatic rings. The Morgan fingerprint density at radius 2 is 2.00 bits per heavy atom. The normalized spacial score (nSPS) is 16.5. The van der Waals surface area contributed by atoms with Gasteiger partial charge in [-0.3, -0.25) is 0 Å². The Bertz CT molecular complexity index is 562. The molecule has 0 aliphatic heterocycles. The topological polar surface area (TPSA) is 27.8 Å². The first-order valence-corrected chi connectivity index (χ1v) is 7.56. The molecule has 0 atom stereocenters. The summed E-state index contributed by atoms with van der Waals surface area (Å²) >= 11 is 0. The van der Waals surface area contributed by atoms with Gasteiger partial charge in [0.2, 0.25) is 0 Å². The molecule has 102 valence electrons. The van der Waals surface area contributed by atoms with Gasteiger partial charge in [0, 0.05) is 22.6 Å². The van der Waals surface area contributed by atoms with E-state index in [1.807, 2.05) is 0 Å². The molecular weight excluding hydrogens is 232 g/mol. The second-order valence-corrected chi connectivity index (χ2v) is 5.91. The molecule has 1 heterocycles. The van der Waals surface area contributed by atoms with E-state index in [1.165, 1.54) is 53.4 Å². The van der Waals surface area contributed by atoms with Crippen molar-refractivity contribution in [2.45, 2.75) is 52.0 Å². The average Bonchev–Trinajstić information content (AvgIpc) is 3.00. The summed E-state index contributed by atoms with van der Waals surface area (Å²) in [6.45, 7) is 5.48. The molecule has 2 aromatic rings. The number of rotatable bonds is 4. The maximum absolute atomic E-state index is 3.71. The number of para-hydroxylation sites is 1. The zero-order chi connectivity index (χ0) is 13.2. The van der Waals surface area contributed by atoms with Gasteiger partial charge in [0.15, 0.2) is 0 Å². The standard InChI is InChI=1S/C17H24N2/c1-12-6-5-9-16-15(13(2)19-17(12)16)10-11-18-14-7-3-4-8-14/h5-6,9,14,18-19H,3-4,7-8,10-11H2,1-2H3. The Morgan fingerprint density at radius 1 is 1.21 bits per heavy atom. The molecule has 19 heavy (non-hydrogen) atoms. The second kappa shape index (κ2) is 5.38. The first-order valence-electron chi connectivity index (χ1n) is 7.56. The Morgan fingerprint density at radius 3 is 2.79 bits per heavy atom. The number of aryl methyl sites for hydroxylation is 2. The molecular formula is C17H24N2. The molecule has 0 radical (unpaired) electrons. The molecule has 0 amide bonds. The number of aromatic nitrogens is 1. The van der Waals surface area contributed by atoms with E-state index in [0.29, 0.717) is 0 Å². The van der Waals surface area contributed by atoms with Crippen LogP contribution in [0.25, 0.3) is 10.9 Å². The third-order valence-corrected chi connectivity index (χ3v) is 4.53. The van der Waals surface area contributed by atoms with Crippen LogP contribution in [0.3, 0.4) is 0 Å². The van der Waals surface area contributed by atoms with Crippen molar-refractivity contribution in [3.63, 3.8) is 0 Å². The predicted molar refractivity (Wildman–Crippen MR) is 81.7 cm³/mol. The van der Waals surface area contributed by atoms with Crippen LogP contribution in [0.5, 0.6) is 0 Å². The molecule has 0 bridgehead atoms. The summed E-state index contributed by atoms with van der Waals surface area (Å²) in [5.41, 5.74) is 5.48. The lowest BCUT2D eigenvalue weighted by molar-refractivity contribution is 0.528. The number of benzene rings is 1. The van der Waals surface area contributed by atoms with E-state index in [1.54, 1.807) is 0 Å². The van der Waals surface area contributed by atoms with Crippen molar-refractivity contribution in [1.82, 2.24) is 10.3 Å². The third-order valence-electron chi connectivity index (χ3n) is 4.53. The molecule has 0 saturated heterocycles. The van der Waals surface area contributed by atoms with Gasteiger partial charge in [-0.05, 0) is 50.8 Å². The van der Waals surface area contributed by atoms with Gasteiger partial charge in [0.05, 0.1) is 0 Å². The molecule has 2 nitrogen and oxygen atoms in total. The summed E-state index contributed by atoms with van der Waals surface area (Å²) in [5, 5.41) is 5.12. The van der Waals surface area contributed by atoms with Gasteiger partial charge in [-0.1, -0.05) is 31.0 Å². The van der Waals surface area contributed by atoms with Crippen molar-refractivity contribution in [2.75, 3.05) is 6.54 Å². The number of hydrogen-bond acceptors (Lipinski definition) is 1. The van der Waals surface area contributed by atoms with Crippen LogP contribution in [-0.4, -0.2) is 17.6 Å². The SMILES string of the molecule is Cc1[nH]c2c(C)cccc2c1CCNC1CCCC1. The Balaban J connectivity index is 1.73. The molecule has 2 heteroatoms. The first kappa shape index (κ1) is 12.7. The van der Waals surface area contributed by atoms with Crippen molar-refractivity contribution >= 4 is 10.9 Å². The lowest BCUT2D eigenvalue weighted by atomic mass is 10.1. The minimum absolute atomic E-state index is 0.771. The molecule has 1 aliphatic carbocycles. The summed E-state index contributed by atoms with van der Waals surface area (Å²) in [6.07, 6.45) is 6.68. The van der Waals surface area contributed by atoms with Gasteiger partial charge < -0.3 is 10.3 Å². The van der Waals surface area contributed by atoms with Crippen molar-refractivity contribution in [3.8, 4) is 0 Å². The number of aromatic amines is 1. The summed E-state index contributed by atoms with van der Waals surface area (Å²) in [4.78, 5) is 3.55. The third kappa shape index (κ3) is 2.55. The summed E-state index contributed by atoms with van der Waals surface area (Å²) in [5.74, 6) is 0. The predicted octanol–water partition coefficient (Wildman–Crippen LogP) is 3.86. The quantitative estimate of drug-likeness (QED) is 0.854. The highest BCUT2D eigenvalue weighted by molar-refractivity contribution is 5.87. The number of fused-ring (bicyclic) bond motifs is 1. The van der Waals surface area contributed by atoms with Crippen LogP contribution in [0, 0.1) is 13.8 Å². The van der Waals surface area contributed by atoms with Crippen molar-refractivity contribution in [2.24, 2.45) is 0 Å². The molecule has 1 fully saturated rings. The van der Waals surface area contributed by atoms with Gasteiger partial charge >= 0.3 is 0 Å². The molecule has 1 aromatic carbocycles. The molecule has 1 saturated carbocycles. The Hall–Kier alpha value is -1.28. The van der Waals surface area contributed by atoms with Gasteiger partial charge in [-0.25, -0.2) is 0 Å². The highest BCUT2D eigenvalue weighted by Crippen LogP contribution is 2.25. The van der Waals surface area contributed by atoms with E-state index in [0.717, 1.165) is 19.0 Å². The van der Waals surface area contributed by atoms with Crippen LogP contribution in [0.15, 0.2) is 18.2 Å². The van der Waals surface area contributed by atoms with E-state index in [-0.39, 0.29) is 0 Å². The lowest BCUT2D eigenvalue weighted by Gasteiger charge is -2.11. The lowest BCUT2D eigenvalue weighted by Crippen LogP contribution is -2.28. The van der Waals surface area contributed by atoms with E-state index < -0.39 is 0 Å². The Labute approximate surface area is 115 Å². The minimum atomic E-state index is 0.771. The number of hydrogen-bond donors (Lipinski definition) is 2. The molecule has 0 spiro atoms. The fraction of sp³-hybridized carbons (Fsp3) is 0.529. The maximum Gasteiger partial charge on any atom is 0.0488 e. The minimum Gasteiger partial charge on any atom is -0.358 e. The van der Waals surface area contributed by atoms with E-state index in [2.05, 4.69) is 42.3 Å². The number of H-pyrrole nitrogens is 1. The summed E-state index contributed by atoms with van der Waals surface area (Å²) in [6, 6.07) is 7.36. The highest BCUT2D eigenvalue weighted by Gasteiger charge is 2.14. The van der Waals surface area contributed by atoms with Gasteiger partial charge in [-0.2, -0.15) is 0 Å². The summed E-state index contributed by atoms with van der Waals surface area (Å²) < 4.78 is 0. The largest absolute Gasteiger partial charge is 0.358 e. The van der Waals surface area contributed by atoms with E-state index in [4.69, 9.17) is 0 Å². The fourth-order valence-corrected chi connectivity index (χ4v) is 3.40. The summed E-state index contributed by atoms with van der Waals surface area (Å²) in [7, 11) is 0. The van der Waals surface area contributed by atoms with Gasteiger partial charge in [-0.15, -0.1) is 0 Å². The molecule has 0 unspecified atom stereocenters. The monoisotopic (exact) mass is 256 g/mol. The van der Waals surface area contributed by atoms with Crippen LogP contribution in [0.1, 0.15) is 42.5 Å². The highest BCUT2D eigenvalue weighted by atomic mass is 14.9. The average molecular weight is 256 g/mol. The van der Waals surface area contributed by atoms with Gasteiger partial charge in [0.1, 0.15) is 0 Å². The van der Waals surface area contributed by atoms with Crippen LogP contribution in [-0.2, 0) is 6.42 Å². The van der Waals surface area contributed by atoms with Crippen LogP contribution in [0.4, 0.5) is 0 Å². The van der Waals surface area contributed by atoms with Crippen LogP contribution >= 0.6 is 0 Å². The van der Waals surface area contributed by atoms with Crippen molar-refractivity contribution < 1.29 is 0 Å². The molecule has 3 rings (SSSR count). The van der Waals surface area contributed by atoms with E-state index >= 15 is 0 Å². The second-order valence-electron chi connectivity index (χ2n) is 5.91. The van der Waals surface area contributed by atoms with Crippen molar-refractivity contribution in [3.05, 3.63) is 35.0 Å². The number of nitrogens with one attached hydrogen (secondary N) is 2. The van der Waals surface area contributed by atoms with Crippen LogP contribution in [0.2, 0.25) is 0 Å². The fourth-order valence-electron chi connectivity index (χ4n) is 3.40. The smallest absolute Gasteiger partial charge is 0.0488 e. The molecule has 1 aromatic heterocycles. The van der Waals surface area contributed by atoms with Crippen molar-refractivity contribution in [1.29, 1.82) is 0 Å². The molecule has 2 N–H and O–H groups in total. The van der Waals surface area contributed by atoms with E-state index in [9.17, 15) is 0 Å². The zero-order valence-corrected chi connectivity index (χ0v) is 12.1. The van der Waals surface area contributed by atoms with Gasteiger partial charge in [0.25, 0.3) is 0 Å². The van der Waals surface area contributed by atoms with Crippen LogP contribution < -0.4 is 5.32 Å². The maximum atomic E-state index is 3.71. The Kier molecular flexibility index (Phi) is 3.61. The zero-order valence-electron chi connectivity index (χ0n) is 12.1.